The standard InChI is InChI=1S/C14H10OS/c15-12-5-3-7-14-11(12)9-8-10-4-1-2-6-13(10)16-14/h1-4,6-9H,5H2. The van der Waals surface area contributed by atoms with Crippen LogP contribution in [0.1, 0.15) is 12.0 Å². The first-order valence-electron chi connectivity index (χ1n) is 5.23. The van der Waals surface area contributed by atoms with Crippen LogP contribution in [0, 0.1) is 0 Å². The van der Waals surface area contributed by atoms with Gasteiger partial charge in [0.15, 0.2) is 5.78 Å². The van der Waals surface area contributed by atoms with E-state index < -0.39 is 0 Å². The van der Waals surface area contributed by atoms with Crippen molar-refractivity contribution in [3.63, 3.8) is 0 Å². The van der Waals surface area contributed by atoms with E-state index in [2.05, 4.69) is 12.1 Å². The average molecular weight is 226 g/mol. The van der Waals surface area contributed by atoms with E-state index in [4.69, 9.17) is 0 Å². The van der Waals surface area contributed by atoms with Crippen molar-refractivity contribution in [3.8, 4) is 0 Å². The molecule has 0 radical (unpaired) electrons. The maximum Gasteiger partial charge on any atom is 0.167 e. The van der Waals surface area contributed by atoms with Gasteiger partial charge in [-0.1, -0.05) is 48.2 Å². The second kappa shape index (κ2) is 3.80. The van der Waals surface area contributed by atoms with Crippen LogP contribution in [0.4, 0.5) is 0 Å². The SMILES string of the molecule is O=C1CC=CC2=C1C=Cc1ccccc1S2. The Morgan fingerprint density at radius 3 is 2.88 bits per heavy atom. The number of fused-ring (bicyclic) bond motifs is 1. The Hall–Kier alpha value is -1.54. The second-order valence-corrected chi connectivity index (χ2v) is 4.86. The Balaban J connectivity index is 2.13. The van der Waals surface area contributed by atoms with E-state index in [1.807, 2.05) is 36.4 Å². The number of thioether (sulfide) groups is 1. The topological polar surface area (TPSA) is 17.1 Å². The number of ketones is 1. The van der Waals surface area contributed by atoms with Crippen molar-refractivity contribution < 1.29 is 4.79 Å². The first-order valence-corrected chi connectivity index (χ1v) is 6.05. The molecule has 3 rings (SSSR count). The molecule has 0 amide bonds. The summed E-state index contributed by atoms with van der Waals surface area (Å²) >= 11 is 1.67. The number of carbonyl (C=O) groups is 1. The van der Waals surface area contributed by atoms with E-state index in [0.29, 0.717) is 6.42 Å². The zero-order valence-electron chi connectivity index (χ0n) is 8.64. The van der Waals surface area contributed by atoms with Crippen molar-refractivity contribution in [2.24, 2.45) is 0 Å². The Bertz CT molecular complexity index is 550. The summed E-state index contributed by atoms with van der Waals surface area (Å²) in [7, 11) is 0. The van der Waals surface area contributed by atoms with Crippen LogP contribution in [0.15, 0.2) is 57.9 Å². The first kappa shape index (κ1) is 9.67. The van der Waals surface area contributed by atoms with Crippen LogP contribution < -0.4 is 0 Å². The van der Waals surface area contributed by atoms with Gasteiger partial charge >= 0.3 is 0 Å². The number of benzene rings is 1. The number of hydrogen-bond acceptors (Lipinski definition) is 2. The van der Waals surface area contributed by atoms with Gasteiger partial charge in [-0.15, -0.1) is 0 Å². The minimum Gasteiger partial charge on any atom is -0.294 e. The summed E-state index contributed by atoms with van der Waals surface area (Å²) in [4.78, 5) is 14.0. The Morgan fingerprint density at radius 2 is 1.94 bits per heavy atom. The minimum atomic E-state index is 0.217. The maximum atomic E-state index is 11.8. The molecule has 1 aromatic rings. The molecule has 0 atom stereocenters. The molecule has 1 nitrogen and oxygen atoms in total. The van der Waals surface area contributed by atoms with Gasteiger partial charge in [-0.05, 0) is 17.7 Å². The summed E-state index contributed by atoms with van der Waals surface area (Å²) in [5, 5.41) is 0. The van der Waals surface area contributed by atoms with Gasteiger partial charge in [0.05, 0.1) is 0 Å². The Labute approximate surface area is 98.6 Å². The third kappa shape index (κ3) is 1.55. The minimum absolute atomic E-state index is 0.217. The highest BCUT2D eigenvalue weighted by Crippen LogP contribution is 2.38. The fourth-order valence-electron chi connectivity index (χ4n) is 1.88. The summed E-state index contributed by atoms with van der Waals surface area (Å²) in [6.07, 6.45) is 8.49. The summed E-state index contributed by atoms with van der Waals surface area (Å²) in [6.45, 7) is 0. The van der Waals surface area contributed by atoms with E-state index in [9.17, 15) is 4.79 Å². The van der Waals surface area contributed by atoms with Gasteiger partial charge in [0, 0.05) is 21.8 Å². The quantitative estimate of drug-likeness (QED) is 0.672. The molecule has 0 saturated carbocycles. The molecule has 2 heteroatoms. The second-order valence-electron chi connectivity index (χ2n) is 3.78. The van der Waals surface area contributed by atoms with Crippen molar-refractivity contribution in [1.82, 2.24) is 0 Å². The zero-order valence-corrected chi connectivity index (χ0v) is 9.46. The normalized spacial score (nSPS) is 18.1. The van der Waals surface area contributed by atoms with Gasteiger partial charge in [-0.2, -0.15) is 0 Å². The average Bonchev–Trinajstić information content (AvgIpc) is 2.48. The van der Waals surface area contributed by atoms with Crippen LogP contribution in [-0.2, 0) is 4.79 Å². The summed E-state index contributed by atoms with van der Waals surface area (Å²) in [6, 6.07) is 8.21. The molecule has 78 valence electrons. The Morgan fingerprint density at radius 1 is 1.06 bits per heavy atom. The molecule has 1 aromatic carbocycles. The van der Waals surface area contributed by atoms with Crippen LogP contribution in [0.5, 0.6) is 0 Å². The summed E-state index contributed by atoms with van der Waals surface area (Å²) in [5.74, 6) is 0.217. The lowest BCUT2D eigenvalue weighted by molar-refractivity contribution is -0.114. The predicted molar refractivity (Wildman–Crippen MR) is 67.1 cm³/mol. The van der Waals surface area contributed by atoms with E-state index >= 15 is 0 Å². The van der Waals surface area contributed by atoms with Crippen molar-refractivity contribution in [1.29, 1.82) is 0 Å². The molecule has 0 N–H and O–H groups in total. The molecule has 0 fully saturated rings. The number of allylic oxidation sites excluding steroid dienone is 4. The number of Topliss-reactive ketones (excluding diaryl/α,β-unsaturated/α-hetero) is 1. The molecule has 16 heavy (non-hydrogen) atoms. The highest BCUT2D eigenvalue weighted by molar-refractivity contribution is 8.03. The van der Waals surface area contributed by atoms with E-state index in [0.717, 1.165) is 10.5 Å². The van der Waals surface area contributed by atoms with Gasteiger partial charge in [-0.25, -0.2) is 0 Å². The third-order valence-electron chi connectivity index (χ3n) is 2.71. The molecule has 1 heterocycles. The maximum absolute atomic E-state index is 11.8. The first-order chi connectivity index (χ1) is 7.84. The lowest BCUT2D eigenvalue weighted by Crippen LogP contribution is -2.03. The molecule has 1 aliphatic carbocycles. The van der Waals surface area contributed by atoms with Crippen LogP contribution in [0.2, 0.25) is 0 Å². The van der Waals surface area contributed by atoms with Crippen molar-refractivity contribution in [3.05, 3.63) is 58.5 Å². The van der Waals surface area contributed by atoms with Crippen LogP contribution >= 0.6 is 11.8 Å². The molecule has 1 aliphatic heterocycles. The van der Waals surface area contributed by atoms with Gasteiger partial charge in [0.1, 0.15) is 0 Å². The van der Waals surface area contributed by atoms with E-state index in [1.165, 1.54) is 10.5 Å². The van der Waals surface area contributed by atoms with Crippen molar-refractivity contribution >= 4 is 23.6 Å². The molecule has 0 spiro atoms. The van der Waals surface area contributed by atoms with Crippen molar-refractivity contribution in [2.75, 3.05) is 0 Å². The highest BCUT2D eigenvalue weighted by Gasteiger charge is 2.18. The van der Waals surface area contributed by atoms with Crippen LogP contribution in [0.3, 0.4) is 0 Å². The van der Waals surface area contributed by atoms with Gasteiger partial charge in [0.2, 0.25) is 0 Å². The smallest absolute Gasteiger partial charge is 0.167 e. The number of carbonyl (C=O) groups excluding carboxylic acids is 1. The molecule has 0 saturated heterocycles. The highest BCUT2D eigenvalue weighted by atomic mass is 32.2. The molecular formula is C14H10OS. The fourth-order valence-corrected chi connectivity index (χ4v) is 2.97. The number of hydrogen-bond donors (Lipinski definition) is 0. The summed E-state index contributed by atoms with van der Waals surface area (Å²) < 4.78 is 0. The predicted octanol–water partition coefficient (Wildman–Crippen LogP) is 3.59. The third-order valence-corrected chi connectivity index (χ3v) is 3.87. The molecular weight excluding hydrogens is 216 g/mol. The monoisotopic (exact) mass is 226 g/mol. The van der Waals surface area contributed by atoms with E-state index in [-0.39, 0.29) is 5.78 Å². The Kier molecular flexibility index (Phi) is 2.29. The molecule has 0 bridgehead atoms. The zero-order chi connectivity index (χ0) is 11.0. The summed E-state index contributed by atoms with van der Waals surface area (Å²) in [5.41, 5.74) is 2.03. The van der Waals surface area contributed by atoms with E-state index in [1.54, 1.807) is 11.8 Å². The molecule has 0 aromatic heterocycles. The van der Waals surface area contributed by atoms with Gasteiger partial charge in [-0.3, -0.25) is 4.79 Å². The lowest BCUT2D eigenvalue weighted by Gasteiger charge is -2.10. The van der Waals surface area contributed by atoms with Crippen LogP contribution in [-0.4, -0.2) is 5.78 Å². The van der Waals surface area contributed by atoms with Gasteiger partial charge < -0.3 is 0 Å². The fraction of sp³-hybridized carbons (Fsp3) is 0.0714. The number of rotatable bonds is 0. The van der Waals surface area contributed by atoms with Gasteiger partial charge in [0.25, 0.3) is 0 Å². The van der Waals surface area contributed by atoms with Crippen molar-refractivity contribution in [2.45, 2.75) is 11.3 Å². The molecule has 2 aliphatic rings. The van der Waals surface area contributed by atoms with Crippen LogP contribution in [0.25, 0.3) is 6.08 Å². The lowest BCUT2D eigenvalue weighted by atomic mass is 10.0. The molecule has 0 unspecified atom stereocenters. The largest absolute Gasteiger partial charge is 0.294 e.